The van der Waals surface area contributed by atoms with E-state index in [4.69, 9.17) is 4.43 Å². The van der Waals surface area contributed by atoms with Crippen LogP contribution in [0.25, 0.3) is 0 Å². The van der Waals surface area contributed by atoms with Crippen LogP contribution in [0.2, 0.25) is 18.1 Å². The summed E-state index contributed by atoms with van der Waals surface area (Å²) < 4.78 is 6.67. The topological polar surface area (TPSA) is 9.23 Å². The highest BCUT2D eigenvalue weighted by atomic mass is 28.4. The minimum Gasteiger partial charge on any atom is -0.410 e. The molecule has 0 heterocycles. The molecule has 0 amide bonds. The Morgan fingerprint density at radius 2 is 1.65 bits per heavy atom. The van der Waals surface area contributed by atoms with Crippen LogP contribution in [0.1, 0.15) is 65.0 Å². The van der Waals surface area contributed by atoms with E-state index in [0.717, 1.165) is 6.42 Å². The van der Waals surface area contributed by atoms with Crippen LogP contribution in [0.3, 0.4) is 0 Å². The molecule has 0 saturated carbocycles. The molecule has 1 atom stereocenters. The Kier molecular flexibility index (Phi) is 6.47. The van der Waals surface area contributed by atoms with E-state index in [1.807, 2.05) is 0 Å². The lowest BCUT2D eigenvalue weighted by Gasteiger charge is -2.39. The minimum atomic E-state index is -1.71. The van der Waals surface area contributed by atoms with E-state index in [-0.39, 0.29) is 11.1 Å². The fraction of sp³-hybridized carbons (Fsp3) is 0.667. The quantitative estimate of drug-likeness (QED) is 0.421. The molecular formula is C18H32OSi. The average molecular weight is 293 g/mol. The summed E-state index contributed by atoms with van der Waals surface area (Å²) >= 11 is 0. The van der Waals surface area contributed by atoms with Crippen LogP contribution >= 0.6 is 0 Å². The summed E-state index contributed by atoms with van der Waals surface area (Å²) in [6.07, 6.45) is 5.23. The summed E-state index contributed by atoms with van der Waals surface area (Å²) in [6, 6.07) is 10.8. The maximum atomic E-state index is 6.67. The molecule has 0 aliphatic rings. The van der Waals surface area contributed by atoms with Crippen LogP contribution in [-0.4, -0.2) is 8.32 Å². The van der Waals surface area contributed by atoms with Crippen molar-refractivity contribution >= 4 is 8.32 Å². The molecule has 0 unspecified atom stereocenters. The van der Waals surface area contributed by atoms with Crippen LogP contribution in [0.4, 0.5) is 0 Å². The van der Waals surface area contributed by atoms with Crippen molar-refractivity contribution in [1.82, 2.24) is 0 Å². The second-order valence-corrected chi connectivity index (χ2v) is 12.0. The number of hydrogen-bond donors (Lipinski definition) is 0. The average Bonchev–Trinajstić information content (AvgIpc) is 2.37. The molecule has 114 valence electrons. The summed E-state index contributed by atoms with van der Waals surface area (Å²) in [7, 11) is -1.71. The van der Waals surface area contributed by atoms with Crippen molar-refractivity contribution in [1.29, 1.82) is 0 Å². The normalized spacial score (nSPS) is 14.3. The fourth-order valence-electron chi connectivity index (χ4n) is 2.07. The number of unbranched alkanes of at least 4 members (excludes halogenated alkanes) is 2. The Labute approximate surface area is 126 Å². The molecule has 0 bridgehead atoms. The van der Waals surface area contributed by atoms with Crippen LogP contribution in [-0.2, 0) is 4.43 Å². The van der Waals surface area contributed by atoms with Crippen molar-refractivity contribution < 1.29 is 4.43 Å². The Morgan fingerprint density at radius 3 is 2.15 bits per heavy atom. The van der Waals surface area contributed by atoms with E-state index in [1.54, 1.807) is 0 Å². The first-order valence-corrected chi connectivity index (χ1v) is 10.9. The minimum absolute atomic E-state index is 0.267. The lowest BCUT2D eigenvalue weighted by Crippen LogP contribution is -2.41. The van der Waals surface area contributed by atoms with Crippen molar-refractivity contribution in [2.75, 3.05) is 0 Å². The molecule has 1 aromatic rings. The molecule has 0 saturated heterocycles. The highest BCUT2D eigenvalue weighted by Gasteiger charge is 2.39. The lowest BCUT2D eigenvalue weighted by molar-refractivity contribution is 0.170. The zero-order valence-corrected chi connectivity index (χ0v) is 15.2. The number of benzene rings is 1. The van der Waals surface area contributed by atoms with Gasteiger partial charge in [-0.2, -0.15) is 0 Å². The fourth-order valence-corrected chi connectivity index (χ4v) is 3.39. The van der Waals surface area contributed by atoms with Crippen LogP contribution < -0.4 is 0 Å². The molecule has 0 fully saturated rings. The van der Waals surface area contributed by atoms with Gasteiger partial charge in [-0.25, -0.2) is 0 Å². The molecule has 0 aliphatic carbocycles. The first kappa shape index (κ1) is 17.4. The number of rotatable bonds is 7. The van der Waals surface area contributed by atoms with Crippen LogP contribution in [0, 0.1) is 0 Å². The van der Waals surface area contributed by atoms with Crippen molar-refractivity contribution in [2.24, 2.45) is 0 Å². The van der Waals surface area contributed by atoms with E-state index in [9.17, 15) is 0 Å². The smallest absolute Gasteiger partial charge is 0.192 e. The largest absolute Gasteiger partial charge is 0.410 e. The van der Waals surface area contributed by atoms with Gasteiger partial charge in [0.05, 0.1) is 6.10 Å². The molecule has 20 heavy (non-hydrogen) atoms. The molecule has 0 aromatic heterocycles. The van der Waals surface area contributed by atoms with E-state index >= 15 is 0 Å². The highest BCUT2D eigenvalue weighted by molar-refractivity contribution is 6.74. The van der Waals surface area contributed by atoms with Crippen molar-refractivity contribution in [3.63, 3.8) is 0 Å². The van der Waals surface area contributed by atoms with Gasteiger partial charge in [0, 0.05) is 0 Å². The molecule has 0 spiro atoms. The molecule has 1 rings (SSSR count). The van der Waals surface area contributed by atoms with E-state index in [0.29, 0.717) is 0 Å². The van der Waals surface area contributed by atoms with Gasteiger partial charge in [0.2, 0.25) is 0 Å². The first-order chi connectivity index (χ1) is 9.28. The van der Waals surface area contributed by atoms with Gasteiger partial charge in [-0.15, -0.1) is 0 Å². The van der Waals surface area contributed by atoms with E-state index < -0.39 is 8.32 Å². The molecule has 2 heteroatoms. The van der Waals surface area contributed by atoms with Gasteiger partial charge in [-0.1, -0.05) is 77.3 Å². The summed E-state index contributed by atoms with van der Waals surface area (Å²) in [6.45, 7) is 13.9. The van der Waals surface area contributed by atoms with Crippen LogP contribution in [0.15, 0.2) is 30.3 Å². The Morgan fingerprint density at radius 1 is 1.05 bits per heavy atom. The van der Waals surface area contributed by atoms with Gasteiger partial charge < -0.3 is 4.43 Å². The molecule has 1 nitrogen and oxygen atoms in total. The van der Waals surface area contributed by atoms with Crippen molar-refractivity contribution in [3.05, 3.63) is 35.9 Å². The predicted octanol–water partition coefficient (Wildman–Crippen LogP) is 6.33. The van der Waals surface area contributed by atoms with Gasteiger partial charge >= 0.3 is 0 Å². The summed E-state index contributed by atoms with van der Waals surface area (Å²) in [5.74, 6) is 0. The zero-order valence-electron chi connectivity index (χ0n) is 14.2. The van der Waals surface area contributed by atoms with Gasteiger partial charge in [0.1, 0.15) is 0 Å². The third-order valence-electron chi connectivity index (χ3n) is 4.48. The van der Waals surface area contributed by atoms with Gasteiger partial charge in [-0.3, -0.25) is 0 Å². The van der Waals surface area contributed by atoms with Crippen LogP contribution in [0.5, 0.6) is 0 Å². The van der Waals surface area contributed by atoms with Gasteiger partial charge in [0.15, 0.2) is 8.32 Å². The lowest BCUT2D eigenvalue weighted by atomic mass is 10.0. The number of hydrogen-bond acceptors (Lipinski definition) is 1. The molecular weight excluding hydrogens is 260 g/mol. The Balaban J connectivity index is 2.83. The SMILES string of the molecule is CCCCC[C@H](O[Si](C)(C)C(C)(C)C)c1ccccc1. The predicted molar refractivity (Wildman–Crippen MR) is 91.6 cm³/mol. The van der Waals surface area contributed by atoms with E-state index in [1.165, 1.54) is 24.8 Å². The summed E-state index contributed by atoms with van der Waals surface area (Å²) in [5.41, 5.74) is 1.34. The summed E-state index contributed by atoms with van der Waals surface area (Å²) in [5, 5.41) is 0.269. The molecule has 0 aliphatic heterocycles. The van der Waals surface area contributed by atoms with Gasteiger partial charge in [-0.05, 0) is 30.1 Å². The third kappa shape index (κ3) is 5.06. The van der Waals surface area contributed by atoms with Gasteiger partial charge in [0.25, 0.3) is 0 Å². The standard InChI is InChI=1S/C18H32OSi/c1-7-8-10-15-17(16-13-11-9-12-14-16)19-20(5,6)18(2,3)4/h9,11-14,17H,7-8,10,15H2,1-6H3/t17-/m0/s1. The molecule has 1 aromatic carbocycles. The Hall–Kier alpha value is -0.603. The third-order valence-corrected chi connectivity index (χ3v) is 8.97. The van der Waals surface area contributed by atoms with E-state index in [2.05, 4.69) is 71.1 Å². The monoisotopic (exact) mass is 292 g/mol. The van der Waals surface area contributed by atoms with Crippen molar-refractivity contribution in [3.8, 4) is 0 Å². The first-order valence-electron chi connectivity index (χ1n) is 8.00. The van der Waals surface area contributed by atoms with Crippen molar-refractivity contribution in [2.45, 2.75) is 77.6 Å². The summed E-state index contributed by atoms with van der Waals surface area (Å²) in [4.78, 5) is 0. The highest BCUT2D eigenvalue weighted by Crippen LogP contribution is 2.40. The second-order valence-electron chi connectivity index (χ2n) is 7.27. The molecule has 0 N–H and O–H groups in total. The molecule has 0 radical (unpaired) electrons. The zero-order chi connectivity index (χ0) is 15.2. The Bertz CT molecular complexity index is 378. The maximum absolute atomic E-state index is 6.67. The maximum Gasteiger partial charge on any atom is 0.192 e. The second kappa shape index (κ2) is 7.42.